The van der Waals surface area contributed by atoms with Gasteiger partial charge in [0, 0.05) is 32.4 Å². The molecule has 10 nitrogen and oxygen atoms in total. The van der Waals surface area contributed by atoms with Crippen LogP contribution in [-0.2, 0) is 14.3 Å². The summed E-state index contributed by atoms with van der Waals surface area (Å²) in [7, 11) is 2.93. The predicted octanol–water partition coefficient (Wildman–Crippen LogP) is 2.61. The van der Waals surface area contributed by atoms with E-state index in [1.54, 1.807) is 29.7 Å². The minimum Gasteiger partial charge on any atom is -0.479 e. The molecule has 3 N–H and O–H groups in total. The maximum absolute atomic E-state index is 11.7. The Kier molecular flexibility index (Phi) is 5.95. The van der Waals surface area contributed by atoms with Crippen LogP contribution >= 0.6 is 0 Å². The van der Waals surface area contributed by atoms with Gasteiger partial charge in [0.05, 0.1) is 17.1 Å². The summed E-state index contributed by atoms with van der Waals surface area (Å²) in [6.45, 7) is 3.11. The van der Waals surface area contributed by atoms with E-state index in [0.717, 1.165) is 0 Å². The van der Waals surface area contributed by atoms with Gasteiger partial charge in [-0.3, -0.25) is 14.7 Å². The number of aromatic nitrogens is 2. The molecule has 1 aliphatic rings. The van der Waals surface area contributed by atoms with Crippen LogP contribution in [0.2, 0.25) is 0 Å². The SMILES string of the molecule is COC(OC)[C@@]1(C)Oc2ccc(NC(C)=O)cc2[C@H](n2c(NC#N)nc3ccccc32)[C@H]1O. The number of aliphatic hydroxyl groups excluding tert-OH is 1. The van der Waals surface area contributed by atoms with Gasteiger partial charge in [0.25, 0.3) is 0 Å². The molecule has 4 rings (SSSR count). The molecule has 2 aromatic carbocycles. The van der Waals surface area contributed by atoms with Gasteiger partial charge in [0.2, 0.25) is 11.9 Å². The van der Waals surface area contributed by atoms with E-state index in [0.29, 0.717) is 28.0 Å². The number of ether oxygens (including phenoxy) is 3. The molecule has 3 atom stereocenters. The van der Waals surface area contributed by atoms with Crippen LogP contribution in [0.5, 0.6) is 5.75 Å². The standard InChI is InChI=1S/C23H25N5O5/c1-13(29)26-14-9-10-18-15(11-14)19(20(30)23(2,33-18)21(31-3)32-4)28-17-8-6-5-7-16(17)27-22(28)25-12-24/h5-11,19-21,30H,1-4H3,(H,25,27)(H,26,29)/t19-,20+,23-/m0/s1. The fourth-order valence-corrected chi connectivity index (χ4v) is 4.43. The third-order valence-electron chi connectivity index (χ3n) is 5.80. The molecular weight excluding hydrogens is 426 g/mol. The van der Waals surface area contributed by atoms with Crippen LogP contribution in [0.15, 0.2) is 42.5 Å². The van der Waals surface area contributed by atoms with Crippen molar-refractivity contribution < 1.29 is 24.1 Å². The predicted molar refractivity (Wildman–Crippen MR) is 121 cm³/mol. The second-order valence-electron chi connectivity index (χ2n) is 7.94. The van der Waals surface area contributed by atoms with Crippen molar-refractivity contribution in [1.29, 1.82) is 5.26 Å². The van der Waals surface area contributed by atoms with Crippen molar-refractivity contribution in [2.24, 2.45) is 0 Å². The van der Waals surface area contributed by atoms with Crippen LogP contribution in [0.3, 0.4) is 0 Å². The van der Waals surface area contributed by atoms with Crippen LogP contribution < -0.4 is 15.4 Å². The first-order chi connectivity index (χ1) is 15.8. The van der Waals surface area contributed by atoms with Crippen molar-refractivity contribution >= 4 is 28.6 Å². The average molecular weight is 451 g/mol. The number of imidazole rings is 1. The zero-order chi connectivity index (χ0) is 23.8. The van der Waals surface area contributed by atoms with Gasteiger partial charge in [0.1, 0.15) is 11.9 Å². The summed E-state index contributed by atoms with van der Waals surface area (Å²) in [6.07, 6.45) is -0.184. The smallest absolute Gasteiger partial charge is 0.221 e. The van der Waals surface area contributed by atoms with Gasteiger partial charge in [-0.15, -0.1) is 0 Å². The van der Waals surface area contributed by atoms with Gasteiger partial charge in [-0.2, -0.15) is 5.26 Å². The quantitative estimate of drug-likeness (QED) is 0.296. The molecule has 0 spiro atoms. The van der Waals surface area contributed by atoms with Crippen LogP contribution in [0.25, 0.3) is 11.0 Å². The lowest BCUT2D eigenvalue weighted by Crippen LogP contribution is -2.60. The number of anilines is 2. The molecule has 0 saturated heterocycles. The number of fused-ring (bicyclic) bond motifs is 2. The van der Waals surface area contributed by atoms with E-state index in [1.165, 1.54) is 21.1 Å². The number of methoxy groups -OCH3 is 2. The third kappa shape index (κ3) is 3.76. The summed E-state index contributed by atoms with van der Waals surface area (Å²) in [4.78, 5) is 16.2. The Labute approximate surface area is 190 Å². The molecule has 172 valence electrons. The highest BCUT2D eigenvalue weighted by molar-refractivity contribution is 5.89. The second-order valence-corrected chi connectivity index (χ2v) is 7.94. The number of benzene rings is 2. The lowest BCUT2D eigenvalue weighted by molar-refractivity contribution is -0.238. The Hall–Kier alpha value is -3.65. The zero-order valence-electron chi connectivity index (χ0n) is 18.7. The number of carbonyl (C=O) groups excluding carboxylic acids is 1. The summed E-state index contributed by atoms with van der Waals surface area (Å²) in [5, 5.41) is 26.5. The van der Waals surface area contributed by atoms with Crippen molar-refractivity contribution in [2.45, 2.75) is 37.9 Å². The Morgan fingerprint density at radius 2 is 2.03 bits per heavy atom. The van der Waals surface area contributed by atoms with Gasteiger partial charge in [0.15, 0.2) is 18.1 Å². The topological polar surface area (TPSA) is 131 Å². The van der Waals surface area contributed by atoms with Gasteiger partial charge in [-0.05, 0) is 37.3 Å². The maximum atomic E-state index is 11.7. The zero-order valence-corrected chi connectivity index (χ0v) is 18.7. The molecule has 0 fully saturated rings. The largest absolute Gasteiger partial charge is 0.479 e. The first kappa shape index (κ1) is 22.5. The lowest BCUT2D eigenvalue weighted by Gasteiger charge is -2.47. The van der Waals surface area contributed by atoms with Crippen LogP contribution in [0.1, 0.15) is 25.5 Å². The summed E-state index contributed by atoms with van der Waals surface area (Å²) < 4.78 is 19.0. The summed E-state index contributed by atoms with van der Waals surface area (Å²) in [5.74, 6) is 0.503. The van der Waals surface area contributed by atoms with Crippen LogP contribution in [0.4, 0.5) is 11.6 Å². The molecule has 1 aromatic heterocycles. The molecule has 0 aliphatic carbocycles. The summed E-state index contributed by atoms with van der Waals surface area (Å²) >= 11 is 0. The Morgan fingerprint density at radius 3 is 2.70 bits per heavy atom. The number of rotatable bonds is 6. The highest BCUT2D eigenvalue weighted by Crippen LogP contribution is 2.47. The van der Waals surface area contributed by atoms with Crippen molar-refractivity contribution in [3.05, 3.63) is 48.0 Å². The average Bonchev–Trinajstić information content (AvgIpc) is 3.13. The normalized spacial score (nSPS) is 21.8. The number of nitrogens with zero attached hydrogens (tertiary/aromatic N) is 3. The number of amides is 1. The molecule has 1 aliphatic heterocycles. The first-order valence-electron chi connectivity index (χ1n) is 10.3. The second kappa shape index (κ2) is 8.71. The van der Waals surface area contributed by atoms with Gasteiger partial charge >= 0.3 is 0 Å². The summed E-state index contributed by atoms with van der Waals surface area (Å²) in [5.41, 5.74) is 1.17. The maximum Gasteiger partial charge on any atom is 0.221 e. The molecule has 0 saturated carbocycles. The van der Waals surface area contributed by atoms with E-state index in [1.807, 2.05) is 30.5 Å². The molecule has 3 aromatic rings. The van der Waals surface area contributed by atoms with E-state index in [-0.39, 0.29) is 11.9 Å². The lowest BCUT2D eigenvalue weighted by atomic mass is 9.84. The van der Waals surface area contributed by atoms with Gasteiger partial charge in [-0.25, -0.2) is 4.98 Å². The van der Waals surface area contributed by atoms with Crippen molar-refractivity contribution in [3.8, 4) is 11.9 Å². The van der Waals surface area contributed by atoms with E-state index in [4.69, 9.17) is 14.2 Å². The van der Waals surface area contributed by atoms with Crippen molar-refractivity contribution in [3.63, 3.8) is 0 Å². The summed E-state index contributed by atoms with van der Waals surface area (Å²) in [6, 6.07) is 11.8. The molecular formula is C23H25N5O5. The number of nitriles is 1. The van der Waals surface area contributed by atoms with Crippen molar-refractivity contribution in [2.75, 3.05) is 24.9 Å². The Morgan fingerprint density at radius 1 is 1.30 bits per heavy atom. The van der Waals surface area contributed by atoms with Crippen LogP contribution in [0, 0.1) is 11.5 Å². The van der Waals surface area contributed by atoms with Crippen molar-refractivity contribution in [1.82, 2.24) is 9.55 Å². The first-order valence-corrected chi connectivity index (χ1v) is 10.3. The van der Waals surface area contributed by atoms with Gasteiger partial charge < -0.3 is 24.6 Å². The Balaban J connectivity index is 2.00. The van der Waals surface area contributed by atoms with Gasteiger partial charge in [-0.1, -0.05) is 12.1 Å². The molecule has 0 unspecified atom stereocenters. The number of hydrogen-bond donors (Lipinski definition) is 3. The highest BCUT2D eigenvalue weighted by Gasteiger charge is 2.53. The fraction of sp³-hybridized carbons (Fsp3) is 0.348. The highest BCUT2D eigenvalue weighted by atomic mass is 16.7. The molecule has 33 heavy (non-hydrogen) atoms. The number of carbonyl (C=O) groups is 1. The van der Waals surface area contributed by atoms with E-state index >= 15 is 0 Å². The fourth-order valence-electron chi connectivity index (χ4n) is 4.43. The molecule has 0 radical (unpaired) electrons. The number of aliphatic hydroxyl groups is 1. The van der Waals surface area contributed by atoms with E-state index < -0.39 is 24.0 Å². The monoisotopic (exact) mass is 451 g/mol. The minimum atomic E-state index is -1.31. The molecule has 2 heterocycles. The Bertz CT molecular complexity index is 1230. The van der Waals surface area contributed by atoms with Crippen LogP contribution in [-0.4, -0.2) is 52.8 Å². The number of para-hydroxylation sites is 2. The van der Waals surface area contributed by atoms with E-state index in [2.05, 4.69) is 15.6 Å². The van der Waals surface area contributed by atoms with E-state index in [9.17, 15) is 15.2 Å². The molecule has 10 heteroatoms. The third-order valence-corrected chi connectivity index (χ3v) is 5.80. The molecule has 1 amide bonds. The minimum absolute atomic E-state index is 0.229. The number of hydrogen-bond acceptors (Lipinski definition) is 8. The number of nitrogens with one attached hydrogen (secondary N) is 2. The molecule has 0 bridgehead atoms.